The van der Waals surface area contributed by atoms with Gasteiger partial charge in [0.05, 0.1) is 11.3 Å². The van der Waals surface area contributed by atoms with Crippen molar-refractivity contribution in [3.63, 3.8) is 0 Å². The summed E-state index contributed by atoms with van der Waals surface area (Å²) < 4.78 is 47.5. The molecule has 0 saturated carbocycles. The molecule has 2 aliphatic rings. The second-order valence-corrected chi connectivity index (χ2v) is 10.7. The zero-order valence-electron chi connectivity index (χ0n) is 23.1. The van der Waals surface area contributed by atoms with Gasteiger partial charge in [0.2, 0.25) is 0 Å². The molecule has 1 amide bonds. The summed E-state index contributed by atoms with van der Waals surface area (Å²) in [6, 6.07) is 12.9. The smallest absolute Gasteiger partial charge is 0.420 e. The van der Waals surface area contributed by atoms with Crippen molar-refractivity contribution in [3.05, 3.63) is 88.2 Å². The number of amides is 1. The highest BCUT2D eigenvalue weighted by molar-refractivity contribution is 6.04. The molecule has 2 aromatic carbocycles. The van der Waals surface area contributed by atoms with Crippen LogP contribution in [0.15, 0.2) is 54.7 Å². The van der Waals surface area contributed by atoms with E-state index >= 15 is 0 Å². The van der Waals surface area contributed by atoms with E-state index in [9.17, 15) is 18.0 Å². The number of rotatable bonds is 5. The fourth-order valence-corrected chi connectivity index (χ4v) is 5.08. The Bertz CT molecular complexity index is 1450. The summed E-state index contributed by atoms with van der Waals surface area (Å²) in [5.74, 6) is 5.45. The number of aromatic nitrogens is 1. The summed E-state index contributed by atoms with van der Waals surface area (Å²) in [5.41, 5.74) is 2.70. The Morgan fingerprint density at radius 1 is 1.07 bits per heavy atom. The molecule has 0 bridgehead atoms. The summed E-state index contributed by atoms with van der Waals surface area (Å²) in [6.45, 7) is 4.42. The Balaban J connectivity index is 1.29. The number of carbonyl (C=O) groups is 1. The number of likely N-dealkylation sites (tertiary alicyclic amines) is 1. The molecule has 0 aliphatic carbocycles. The van der Waals surface area contributed by atoms with E-state index in [1.807, 2.05) is 26.1 Å². The predicted octanol–water partition coefficient (Wildman–Crippen LogP) is 5.96. The fraction of sp³-hybridized carbons (Fsp3) is 0.375. The first-order chi connectivity index (χ1) is 19.7. The van der Waals surface area contributed by atoms with Crippen molar-refractivity contribution < 1.29 is 22.7 Å². The number of nitrogens with one attached hydrogen (secondary N) is 2. The summed E-state index contributed by atoms with van der Waals surface area (Å²) in [5, 5.41) is 6.02. The molecule has 214 valence electrons. The molecule has 2 saturated heterocycles. The molecule has 1 atom stereocenters. The zero-order chi connectivity index (χ0) is 29.0. The first-order valence-electron chi connectivity index (χ1n) is 13.9. The zero-order valence-corrected chi connectivity index (χ0v) is 23.1. The standard InChI is InChI=1S/C32H33F3N4O2/c1-21-5-8-24(18-23(21)9-6-22-7-11-29(37-20-22)28-4-3-15-36-28)31(40)38-25-10-12-30(27(19-25)32(33,34)35)41-26-13-16-39(2)17-14-26/h5,7-8,10-12,18-20,26,28,36H,3-4,13-17H2,1-2H3,(H,38,40). The van der Waals surface area contributed by atoms with Crippen molar-refractivity contribution in [2.24, 2.45) is 0 Å². The molecule has 3 heterocycles. The molecule has 0 radical (unpaired) electrons. The third kappa shape index (κ3) is 7.26. The first-order valence-corrected chi connectivity index (χ1v) is 13.9. The average molecular weight is 563 g/mol. The van der Waals surface area contributed by atoms with Crippen LogP contribution in [0.4, 0.5) is 18.9 Å². The highest BCUT2D eigenvalue weighted by Crippen LogP contribution is 2.39. The molecule has 2 aliphatic heterocycles. The molecule has 0 spiro atoms. The average Bonchev–Trinajstić information content (AvgIpc) is 3.49. The SMILES string of the molecule is Cc1ccc(C(=O)Nc2ccc(OC3CCN(C)CC3)c(C(F)(F)F)c2)cc1C#Cc1ccc(C2CCCN2)nc1. The van der Waals surface area contributed by atoms with Gasteiger partial charge < -0.3 is 20.3 Å². The summed E-state index contributed by atoms with van der Waals surface area (Å²) in [7, 11) is 1.98. The second kappa shape index (κ2) is 12.3. The van der Waals surface area contributed by atoms with Crippen molar-refractivity contribution in [1.82, 2.24) is 15.2 Å². The van der Waals surface area contributed by atoms with Crippen LogP contribution in [0.2, 0.25) is 0 Å². The van der Waals surface area contributed by atoms with E-state index in [0.717, 1.165) is 55.4 Å². The van der Waals surface area contributed by atoms with E-state index in [0.29, 0.717) is 24.0 Å². The van der Waals surface area contributed by atoms with Gasteiger partial charge in [-0.3, -0.25) is 9.78 Å². The van der Waals surface area contributed by atoms with Crippen molar-refractivity contribution in [2.45, 2.75) is 50.9 Å². The Hall–Kier alpha value is -3.87. The summed E-state index contributed by atoms with van der Waals surface area (Å²) >= 11 is 0. The Labute approximate surface area is 238 Å². The van der Waals surface area contributed by atoms with Crippen LogP contribution in [-0.2, 0) is 6.18 Å². The molecule has 1 unspecified atom stereocenters. The quantitative estimate of drug-likeness (QED) is 0.376. The van der Waals surface area contributed by atoms with Gasteiger partial charge in [0.1, 0.15) is 11.9 Å². The monoisotopic (exact) mass is 562 g/mol. The number of nitrogens with zero attached hydrogens (tertiary/aromatic N) is 2. The minimum atomic E-state index is -4.63. The van der Waals surface area contributed by atoms with Gasteiger partial charge in [0.25, 0.3) is 5.91 Å². The number of aryl methyl sites for hydroxylation is 1. The number of pyridine rings is 1. The van der Waals surface area contributed by atoms with Crippen LogP contribution in [0.5, 0.6) is 5.75 Å². The van der Waals surface area contributed by atoms with Crippen molar-refractivity contribution in [3.8, 4) is 17.6 Å². The number of benzene rings is 2. The van der Waals surface area contributed by atoms with E-state index in [2.05, 4.69) is 32.4 Å². The highest BCUT2D eigenvalue weighted by Gasteiger charge is 2.36. The van der Waals surface area contributed by atoms with Gasteiger partial charge in [0.15, 0.2) is 0 Å². The van der Waals surface area contributed by atoms with Crippen LogP contribution in [-0.4, -0.2) is 48.6 Å². The van der Waals surface area contributed by atoms with Gasteiger partial charge in [-0.15, -0.1) is 0 Å². The molecular weight excluding hydrogens is 529 g/mol. The van der Waals surface area contributed by atoms with E-state index in [-0.39, 0.29) is 23.6 Å². The van der Waals surface area contributed by atoms with Crippen LogP contribution >= 0.6 is 0 Å². The number of anilines is 1. The fourth-order valence-electron chi connectivity index (χ4n) is 5.08. The lowest BCUT2D eigenvalue weighted by atomic mass is 10.0. The van der Waals surface area contributed by atoms with Crippen LogP contribution in [0, 0.1) is 18.8 Å². The maximum absolute atomic E-state index is 13.9. The predicted molar refractivity (Wildman–Crippen MR) is 152 cm³/mol. The van der Waals surface area contributed by atoms with Crippen molar-refractivity contribution in [2.75, 3.05) is 32.0 Å². The minimum Gasteiger partial charge on any atom is -0.490 e. The lowest BCUT2D eigenvalue weighted by Gasteiger charge is -2.30. The van der Waals surface area contributed by atoms with Crippen LogP contribution in [0.1, 0.15) is 70.0 Å². The number of carbonyl (C=O) groups excluding carboxylic acids is 1. The van der Waals surface area contributed by atoms with Gasteiger partial charge in [-0.2, -0.15) is 13.2 Å². The van der Waals surface area contributed by atoms with Crippen LogP contribution in [0.25, 0.3) is 0 Å². The second-order valence-electron chi connectivity index (χ2n) is 10.7. The van der Waals surface area contributed by atoms with E-state index in [1.165, 1.54) is 12.1 Å². The van der Waals surface area contributed by atoms with Gasteiger partial charge >= 0.3 is 6.18 Å². The molecule has 9 heteroatoms. The van der Waals surface area contributed by atoms with E-state index in [4.69, 9.17) is 4.74 Å². The van der Waals surface area contributed by atoms with Gasteiger partial charge in [-0.05, 0) is 94.2 Å². The molecule has 3 aromatic rings. The number of alkyl halides is 3. The summed E-state index contributed by atoms with van der Waals surface area (Å²) in [6.07, 6.45) is 0.355. The third-order valence-corrected chi connectivity index (χ3v) is 7.55. The van der Waals surface area contributed by atoms with E-state index in [1.54, 1.807) is 24.4 Å². The normalized spacial score (nSPS) is 18.0. The first kappa shape index (κ1) is 28.7. The largest absolute Gasteiger partial charge is 0.490 e. The molecule has 41 heavy (non-hydrogen) atoms. The van der Waals surface area contributed by atoms with Crippen molar-refractivity contribution >= 4 is 11.6 Å². The Kier molecular flexibility index (Phi) is 8.62. The lowest BCUT2D eigenvalue weighted by molar-refractivity contribution is -0.139. The number of hydrogen-bond donors (Lipinski definition) is 2. The minimum absolute atomic E-state index is 0.0363. The van der Waals surface area contributed by atoms with Crippen LogP contribution < -0.4 is 15.4 Å². The molecular formula is C32H33F3N4O2. The van der Waals surface area contributed by atoms with Gasteiger partial charge in [-0.25, -0.2) is 0 Å². The number of piperidine rings is 1. The number of halogens is 3. The topological polar surface area (TPSA) is 66.5 Å². The number of ether oxygens (including phenoxy) is 1. The Morgan fingerprint density at radius 2 is 1.88 bits per heavy atom. The molecule has 2 fully saturated rings. The highest BCUT2D eigenvalue weighted by atomic mass is 19.4. The molecule has 5 rings (SSSR count). The molecule has 1 aromatic heterocycles. The maximum atomic E-state index is 13.9. The third-order valence-electron chi connectivity index (χ3n) is 7.55. The lowest BCUT2D eigenvalue weighted by Crippen LogP contribution is -2.36. The van der Waals surface area contributed by atoms with Gasteiger partial charge in [0, 0.05) is 47.7 Å². The number of hydrogen-bond acceptors (Lipinski definition) is 5. The molecule has 6 nitrogen and oxygen atoms in total. The molecule has 2 N–H and O–H groups in total. The van der Waals surface area contributed by atoms with Crippen molar-refractivity contribution in [1.29, 1.82) is 0 Å². The summed E-state index contributed by atoms with van der Waals surface area (Å²) in [4.78, 5) is 19.7. The maximum Gasteiger partial charge on any atom is 0.420 e. The van der Waals surface area contributed by atoms with Crippen LogP contribution in [0.3, 0.4) is 0 Å². The van der Waals surface area contributed by atoms with Gasteiger partial charge in [-0.1, -0.05) is 17.9 Å². The van der Waals surface area contributed by atoms with E-state index < -0.39 is 17.6 Å². The Morgan fingerprint density at radius 3 is 2.56 bits per heavy atom.